The van der Waals surface area contributed by atoms with E-state index in [9.17, 15) is 30.4 Å². The number of phenolic OH excluding ortho intramolecular Hbond substituents is 3. The van der Waals surface area contributed by atoms with Gasteiger partial charge in [-0.15, -0.1) is 0 Å². The van der Waals surface area contributed by atoms with E-state index in [1.54, 1.807) is 24.3 Å². The summed E-state index contributed by atoms with van der Waals surface area (Å²) in [6.07, 6.45) is 0.539. The summed E-state index contributed by atoms with van der Waals surface area (Å²) >= 11 is 0. The van der Waals surface area contributed by atoms with Crippen LogP contribution in [0.1, 0.15) is 24.5 Å². The number of aromatic hydroxyl groups is 3. The van der Waals surface area contributed by atoms with E-state index in [1.807, 2.05) is 6.92 Å². The van der Waals surface area contributed by atoms with Crippen LogP contribution in [-0.4, -0.2) is 50.3 Å². The highest BCUT2D eigenvalue weighted by atomic mass is 16.5. The van der Waals surface area contributed by atoms with E-state index in [-0.39, 0.29) is 17.1 Å². The Bertz CT molecular complexity index is 967. The van der Waals surface area contributed by atoms with E-state index in [0.717, 1.165) is 13.1 Å². The molecule has 1 unspecified atom stereocenters. The number of aliphatic hydroxyl groups is 1. The smallest absolute Gasteiger partial charge is 0.249 e. The number of amides is 1. The van der Waals surface area contributed by atoms with Crippen LogP contribution in [0.25, 0.3) is 5.76 Å². The van der Waals surface area contributed by atoms with Crippen LogP contribution in [0.4, 0.5) is 0 Å². The van der Waals surface area contributed by atoms with Crippen molar-refractivity contribution in [2.24, 2.45) is 0 Å². The molecule has 1 aliphatic heterocycles. The molecule has 0 aliphatic carbocycles. The van der Waals surface area contributed by atoms with Crippen LogP contribution in [-0.2, 0) is 10.4 Å². The normalized spacial score (nSPS) is 17.7. The molecule has 0 saturated carbocycles. The van der Waals surface area contributed by atoms with Crippen LogP contribution >= 0.6 is 0 Å². The molecule has 0 fully saturated rings. The van der Waals surface area contributed by atoms with Gasteiger partial charge in [0.1, 0.15) is 22.9 Å². The van der Waals surface area contributed by atoms with Crippen LogP contribution in [0.5, 0.6) is 28.7 Å². The van der Waals surface area contributed by atoms with E-state index in [0.29, 0.717) is 23.0 Å². The molecular formula is C20H21NO8. The number of hydrogen-bond acceptors (Lipinski definition) is 8. The summed E-state index contributed by atoms with van der Waals surface area (Å²) in [6, 6.07) is 7.74. The first-order valence-electron chi connectivity index (χ1n) is 8.76. The van der Waals surface area contributed by atoms with Crippen LogP contribution < -0.4 is 9.47 Å². The minimum Gasteiger partial charge on any atom is -0.504 e. The summed E-state index contributed by atoms with van der Waals surface area (Å²) < 4.78 is 11.1. The van der Waals surface area contributed by atoms with E-state index in [1.165, 1.54) is 6.08 Å². The van der Waals surface area contributed by atoms with Crippen molar-refractivity contribution in [1.29, 1.82) is 0 Å². The maximum Gasteiger partial charge on any atom is 0.249 e. The fraction of sp³-hybridized carbons (Fsp3) is 0.250. The number of rotatable bonds is 5. The number of hydrogen-bond donors (Lipinski definition) is 5. The number of nitrogens with zero attached hydrogens (tertiary/aromatic N) is 1. The van der Waals surface area contributed by atoms with Gasteiger partial charge in [-0.05, 0) is 37.3 Å². The first-order valence-corrected chi connectivity index (χ1v) is 8.76. The predicted octanol–water partition coefficient (Wildman–Crippen LogP) is 2.06. The lowest BCUT2D eigenvalue weighted by Gasteiger charge is -2.33. The molecule has 0 spiro atoms. The van der Waals surface area contributed by atoms with Crippen molar-refractivity contribution in [1.82, 2.24) is 5.06 Å². The van der Waals surface area contributed by atoms with Crippen LogP contribution in [0, 0.1) is 0 Å². The minimum absolute atomic E-state index is 0.140. The third kappa shape index (κ3) is 3.78. The Morgan fingerprint density at radius 1 is 1.17 bits per heavy atom. The summed E-state index contributed by atoms with van der Waals surface area (Å²) in [5.41, 5.74) is -1.92. The molecule has 1 atom stereocenters. The second kappa shape index (κ2) is 7.53. The van der Waals surface area contributed by atoms with Gasteiger partial charge in [0.05, 0.1) is 18.6 Å². The van der Waals surface area contributed by atoms with Gasteiger partial charge in [-0.3, -0.25) is 10.0 Å². The Morgan fingerprint density at radius 2 is 1.83 bits per heavy atom. The summed E-state index contributed by atoms with van der Waals surface area (Å²) in [7, 11) is 1.09. The molecule has 9 heteroatoms. The molecule has 0 aromatic heterocycles. The molecule has 0 saturated heterocycles. The first kappa shape index (κ1) is 20.3. The lowest BCUT2D eigenvalue weighted by Crippen LogP contribution is -2.35. The predicted molar refractivity (Wildman–Crippen MR) is 101 cm³/mol. The van der Waals surface area contributed by atoms with Crippen LogP contribution in [0.3, 0.4) is 0 Å². The molecule has 1 heterocycles. The third-order valence-corrected chi connectivity index (χ3v) is 4.47. The van der Waals surface area contributed by atoms with Crippen molar-refractivity contribution in [2.75, 3.05) is 13.7 Å². The second-order valence-corrected chi connectivity index (χ2v) is 6.55. The van der Waals surface area contributed by atoms with Crippen LogP contribution in [0.2, 0.25) is 0 Å². The highest BCUT2D eigenvalue weighted by Crippen LogP contribution is 2.52. The summed E-state index contributed by atoms with van der Waals surface area (Å²) in [4.78, 5) is 12.1. The van der Waals surface area contributed by atoms with Gasteiger partial charge in [-0.2, -0.15) is 0 Å². The topological polar surface area (TPSA) is 140 Å². The van der Waals surface area contributed by atoms with Crippen molar-refractivity contribution in [3.05, 3.63) is 47.5 Å². The number of phenols is 3. The van der Waals surface area contributed by atoms with E-state index in [2.05, 4.69) is 0 Å². The quantitative estimate of drug-likeness (QED) is 0.290. The van der Waals surface area contributed by atoms with Gasteiger partial charge in [0, 0.05) is 18.7 Å². The molecule has 9 nitrogen and oxygen atoms in total. The van der Waals surface area contributed by atoms with Crippen LogP contribution in [0.15, 0.2) is 36.4 Å². The maximum absolute atomic E-state index is 12.1. The molecule has 154 valence electrons. The van der Waals surface area contributed by atoms with Crippen molar-refractivity contribution >= 4 is 11.7 Å². The van der Waals surface area contributed by atoms with Gasteiger partial charge in [-0.25, -0.2) is 5.06 Å². The SMILES string of the molecule is CCOc1ccc(C2=CC(O)(CC(=O)N(C)O)c3c(cc(O)c(O)c3O)O2)cc1. The summed E-state index contributed by atoms with van der Waals surface area (Å²) in [6.45, 7) is 2.34. The first-order chi connectivity index (χ1) is 13.7. The van der Waals surface area contributed by atoms with E-state index < -0.39 is 35.2 Å². The van der Waals surface area contributed by atoms with Crippen molar-refractivity contribution < 1.29 is 39.9 Å². The fourth-order valence-electron chi connectivity index (χ4n) is 3.07. The molecule has 2 aromatic carbocycles. The second-order valence-electron chi connectivity index (χ2n) is 6.55. The van der Waals surface area contributed by atoms with Gasteiger partial charge >= 0.3 is 0 Å². The molecule has 3 rings (SSSR count). The van der Waals surface area contributed by atoms with E-state index in [4.69, 9.17) is 9.47 Å². The lowest BCUT2D eigenvalue weighted by atomic mass is 9.85. The Balaban J connectivity index is 2.12. The number of carbonyl (C=O) groups is 1. The average Bonchev–Trinajstić information content (AvgIpc) is 2.66. The summed E-state index contributed by atoms with van der Waals surface area (Å²) in [5, 5.41) is 50.9. The van der Waals surface area contributed by atoms with Gasteiger partial charge in [-0.1, -0.05) is 0 Å². The molecule has 2 aromatic rings. The minimum atomic E-state index is -2.13. The van der Waals surface area contributed by atoms with Crippen molar-refractivity contribution in [2.45, 2.75) is 18.9 Å². The zero-order chi connectivity index (χ0) is 21.3. The molecule has 1 aliphatic rings. The van der Waals surface area contributed by atoms with E-state index >= 15 is 0 Å². The highest BCUT2D eigenvalue weighted by molar-refractivity contribution is 5.80. The average molecular weight is 403 g/mol. The fourth-order valence-corrected chi connectivity index (χ4v) is 3.07. The number of carbonyl (C=O) groups excluding carboxylic acids is 1. The summed E-state index contributed by atoms with van der Waals surface area (Å²) in [5.74, 6) is -2.61. The molecule has 29 heavy (non-hydrogen) atoms. The standard InChI is InChI=1S/C20H21NO8/c1-3-28-12-6-4-11(5-7-12)15-9-20(26,10-16(23)21(2)27)17-14(29-15)8-13(22)18(24)19(17)25/h4-9,22,24-27H,3,10H2,1-2H3. The maximum atomic E-state index is 12.1. The van der Waals surface area contributed by atoms with Gasteiger partial charge in [0.2, 0.25) is 11.7 Å². The number of benzene rings is 2. The Labute approximate surface area is 166 Å². The number of ether oxygens (including phenoxy) is 2. The monoisotopic (exact) mass is 403 g/mol. The molecule has 1 amide bonds. The Hall–Kier alpha value is -3.43. The molecule has 0 radical (unpaired) electrons. The number of hydroxylamine groups is 2. The lowest BCUT2D eigenvalue weighted by molar-refractivity contribution is -0.163. The van der Waals surface area contributed by atoms with Crippen molar-refractivity contribution in [3.63, 3.8) is 0 Å². The zero-order valence-electron chi connectivity index (χ0n) is 15.8. The van der Waals surface area contributed by atoms with Gasteiger partial charge in [0.25, 0.3) is 0 Å². The molecular weight excluding hydrogens is 382 g/mol. The largest absolute Gasteiger partial charge is 0.504 e. The van der Waals surface area contributed by atoms with Crippen molar-refractivity contribution in [3.8, 4) is 28.7 Å². The highest BCUT2D eigenvalue weighted by Gasteiger charge is 2.42. The Morgan fingerprint density at radius 3 is 2.41 bits per heavy atom. The zero-order valence-corrected chi connectivity index (χ0v) is 15.8. The van der Waals surface area contributed by atoms with Gasteiger partial charge in [0.15, 0.2) is 11.5 Å². The number of fused-ring (bicyclic) bond motifs is 1. The molecule has 0 bridgehead atoms. The third-order valence-electron chi connectivity index (χ3n) is 4.47. The Kier molecular flexibility index (Phi) is 5.27. The van der Waals surface area contributed by atoms with Gasteiger partial charge < -0.3 is 29.9 Å². The molecule has 5 N–H and O–H groups in total.